The first-order chi connectivity index (χ1) is 12.6. The Bertz CT molecular complexity index is 682. The molecule has 142 valence electrons. The zero-order valence-corrected chi connectivity index (χ0v) is 15.8. The molecule has 26 heavy (non-hydrogen) atoms. The Morgan fingerprint density at radius 3 is 2.69 bits per heavy atom. The van der Waals surface area contributed by atoms with Gasteiger partial charge in [-0.2, -0.15) is 0 Å². The molecule has 2 bridgehead atoms. The minimum atomic E-state index is -0.296. The lowest BCUT2D eigenvalue weighted by atomic mass is 9.92. The maximum Gasteiger partial charge on any atom is 0.229 e. The molecule has 1 aromatic heterocycles. The van der Waals surface area contributed by atoms with Crippen LogP contribution in [0.4, 0.5) is 5.13 Å². The summed E-state index contributed by atoms with van der Waals surface area (Å²) in [6, 6.07) is 0.228. The molecule has 1 aromatic rings. The Morgan fingerprint density at radius 2 is 2.00 bits per heavy atom. The topological polar surface area (TPSA) is 102 Å². The molecule has 2 amide bonds. The van der Waals surface area contributed by atoms with Crippen molar-refractivity contribution >= 4 is 28.3 Å². The average molecular weight is 379 g/mol. The Hall–Kier alpha value is -1.58. The molecule has 0 aromatic carbocycles. The average Bonchev–Trinajstić information content (AvgIpc) is 3.28. The third-order valence-corrected chi connectivity index (χ3v) is 6.73. The minimum Gasteiger partial charge on any atom is -0.374 e. The van der Waals surface area contributed by atoms with Gasteiger partial charge < -0.3 is 15.4 Å². The fourth-order valence-electron chi connectivity index (χ4n) is 4.36. The summed E-state index contributed by atoms with van der Waals surface area (Å²) in [7, 11) is 0. The van der Waals surface area contributed by atoms with Gasteiger partial charge in [0.1, 0.15) is 11.6 Å². The van der Waals surface area contributed by atoms with Crippen molar-refractivity contribution in [2.75, 3.05) is 31.1 Å². The molecule has 3 heterocycles. The lowest BCUT2D eigenvalue weighted by Crippen LogP contribution is -2.52. The van der Waals surface area contributed by atoms with Crippen molar-refractivity contribution in [2.45, 2.75) is 38.8 Å². The summed E-state index contributed by atoms with van der Waals surface area (Å²) in [4.78, 5) is 28.9. The van der Waals surface area contributed by atoms with E-state index in [9.17, 15) is 9.59 Å². The summed E-state index contributed by atoms with van der Waals surface area (Å²) in [5.74, 6) is 0.559. The second-order valence-corrected chi connectivity index (χ2v) is 8.48. The molecule has 0 spiro atoms. The number of ether oxygens (including phenoxy) is 1. The first-order valence-corrected chi connectivity index (χ1v) is 10.1. The van der Waals surface area contributed by atoms with Gasteiger partial charge in [0, 0.05) is 38.7 Å². The highest BCUT2D eigenvalue weighted by molar-refractivity contribution is 7.15. The Morgan fingerprint density at radius 1 is 1.27 bits per heavy atom. The van der Waals surface area contributed by atoms with Gasteiger partial charge in [0.05, 0.1) is 5.92 Å². The van der Waals surface area contributed by atoms with Gasteiger partial charge in [-0.25, -0.2) is 0 Å². The third-order valence-electron chi connectivity index (χ3n) is 5.81. The van der Waals surface area contributed by atoms with Gasteiger partial charge in [-0.1, -0.05) is 11.3 Å². The van der Waals surface area contributed by atoms with Crippen LogP contribution in [0.2, 0.25) is 0 Å². The number of carbonyl (C=O) groups is 2. The monoisotopic (exact) mass is 379 g/mol. The molecule has 0 radical (unpaired) electrons. The lowest BCUT2D eigenvalue weighted by molar-refractivity contribution is -0.138. The van der Waals surface area contributed by atoms with Crippen LogP contribution in [0.15, 0.2) is 0 Å². The number of amides is 2. The minimum absolute atomic E-state index is 0.0563. The van der Waals surface area contributed by atoms with E-state index in [0.29, 0.717) is 36.7 Å². The van der Waals surface area contributed by atoms with E-state index in [2.05, 4.69) is 10.2 Å². The summed E-state index contributed by atoms with van der Waals surface area (Å²) >= 11 is 1.35. The highest BCUT2D eigenvalue weighted by Crippen LogP contribution is 2.37. The van der Waals surface area contributed by atoms with Gasteiger partial charge in [-0.15, -0.1) is 10.2 Å². The van der Waals surface area contributed by atoms with Crippen LogP contribution in [0, 0.1) is 17.8 Å². The van der Waals surface area contributed by atoms with Gasteiger partial charge in [0.2, 0.25) is 16.9 Å². The van der Waals surface area contributed by atoms with Gasteiger partial charge in [-0.3, -0.25) is 14.5 Å². The van der Waals surface area contributed by atoms with E-state index < -0.39 is 0 Å². The van der Waals surface area contributed by atoms with E-state index >= 15 is 0 Å². The largest absolute Gasteiger partial charge is 0.374 e. The molecule has 4 atom stereocenters. The standard InChI is InChI=1S/C17H25N5O3S/c1-2-25-9-13-19-20-17(26-13)22-8-12(5-14(22)23)16(24)21-6-10-3-4-11(7-21)15(10)18/h10-12,15H,2-9,18H2,1H3/t10-,11+,12?,15?. The Labute approximate surface area is 156 Å². The number of fused-ring (bicyclic) bond motifs is 2. The van der Waals surface area contributed by atoms with Gasteiger partial charge in [0.15, 0.2) is 0 Å². The summed E-state index contributed by atoms with van der Waals surface area (Å²) in [6.45, 7) is 4.78. The normalized spacial score (nSPS) is 31.1. The molecular weight excluding hydrogens is 354 g/mol. The molecule has 2 aliphatic heterocycles. The van der Waals surface area contributed by atoms with E-state index in [-0.39, 0.29) is 30.2 Å². The third kappa shape index (κ3) is 3.23. The van der Waals surface area contributed by atoms with E-state index in [0.717, 1.165) is 30.9 Å². The highest BCUT2D eigenvalue weighted by atomic mass is 32.1. The molecule has 4 rings (SSSR count). The van der Waals surface area contributed by atoms with Crippen molar-refractivity contribution in [3.63, 3.8) is 0 Å². The molecule has 1 aliphatic carbocycles. The van der Waals surface area contributed by atoms with Crippen molar-refractivity contribution in [3.8, 4) is 0 Å². The summed E-state index contributed by atoms with van der Waals surface area (Å²) in [5, 5.41) is 9.47. The maximum absolute atomic E-state index is 12.9. The van der Waals surface area contributed by atoms with Crippen LogP contribution in [0.5, 0.6) is 0 Å². The molecule has 9 heteroatoms. The van der Waals surface area contributed by atoms with Crippen LogP contribution in [-0.4, -0.2) is 59.2 Å². The predicted molar refractivity (Wildman–Crippen MR) is 96.5 cm³/mol. The highest BCUT2D eigenvalue weighted by Gasteiger charge is 2.44. The smallest absolute Gasteiger partial charge is 0.229 e. The molecule has 3 fully saturated rings. The lowest BCUT2D eigenvalue weighted by Gasteiger charge is -2.37. The molecule has 2 N–H and O–H groups in total. The zero-order chi connectivity index (χ0) is 18.3. The summed E-state index contributed by atoms with van der Waals surface area (Å²) < 4.78 is 5.33. The van der Waals surface area contributed by atoms with Crippen LogP contribution in [0.25, 0.3) is 0 Å². The SMILES string of the molecule is CCOCc1nnc(N2CC(C(=O)N3C[C@H]4CC[C@@H](C3)C4N)CC2=O)s1. The van der Waals surface area contributed by atoms with E-state index in [1.807, 2.05) is 11.8 Å². The molecular formula is C17H25N5O3S. The number of hydrogen-bond donors (Lipinski definition) is 1. The number of nitrogens with two attached hydrogens (primary N) is 1. The number of piperidine rings is 1. The van der Waals surface area contributed by atoms with Crippen LogP contribution in [-0.2, 0) is 20.9 Å². The fraction of sp³-hybridized carbons (Fsp3) is 0.765. The number of anilines is 1. The van der Waals surface area contributed by atoms with Crippen molar-refractivity contribution < 1.29 is 14.3 Å². The first kappa shape index (κ1) is 17.8. The Balaban J connectivity index is 1.40. The number of hydrogen-bond acceptors (Lipinski definition) is 7. The van der Waals surface area contributed by atoms with Gasteiger partial charge in [0.25, 0.3) is 0 Å². The van der Waals surface area contributed by atoms with Crippen molar-refractivity contribution in [3.05, 3.63) is 5.01 Å². The summed E-state index contributed by atoms with van der Waals surface area (Å²) in [5.41, 5.74) is 6.23. The van der Waals surface area contributed by atoms with Crippen LogP contribution >= 0.6 is 11.3 Å². The fourth-order valence-corrected chi connectivity index (χ4v) is 5.17. The number of rotatable bonds is 5. The summed E-state index contributed by atoms with van der Waals surface area (Å²) in [6.07, 6.45) is 2.47. The van der Waals surface area contributed by atoms with Crippen molar-refractivity contribution in [1.82, 2.24) is 15.1 Å². The zero-order valence-electron chi connectivity index (χ0n) is 15.0. The van der Waals surface area contributed by atoms with Crippen LogP contribution < -0.4 is 10.6 Å². The molecule has 2 saturated heterocycles. The predicted octanol–water partition coefficient (Wildman–Crippen LogP) is 0.623. The second kappa shape index (κ2) is 7.21. The number of aromatic nitrogens is 2. The molecule has 3 aliphatic rings. The van der Waals surface area contributed by atoms with Crippen molar-refractivity contribution in [2.24, 2.45) is 23.5 Å². The Kier molecular flexibility index (Phi) is 4.94. The van der Waals surface area contributed by atoms with Gasteiger partial charge >= 0.3 is 0 Å². The van der Waals surface area contributed by atoms with E-state index in [4.69, 9.17) is 10.5 Å². The maximum atomic E-state index is 12.9. The van der Waals surface area contributed by atoms with Crippen LogP contribution in [0.1, 0.15) is 31.2 Å². The number of nitrogens with zero attached hydrogens (tertiary/aromatic N) is 4. The van der Waals surface area contributed by atoms with E-state index in [1.165, 1.54) is 11.3 Å². The first-order valence-electron chi connectivity index (χ1n) is 9.31. The van der Waals surface area contributed by atoms with Crippen LogP contribution in [0.3, 0.4) is 0 Å². The number of likely N-dealkylation sites (tertiary alicyclic amines) is 1. The second-order valence-electron chi connectivity index (χ2n) is 7.44. The number of carbonyl (C=O) groups excluding carboxylic acids is 2. The molecule has 1 saturated carbocycles. The quantitative estimate of drug-likeness (QED) is 0.805. The van der Waals surface area contributed by atoms with Gasteiger partial charge in [-0.05, 0) is 31.6 Å². The van der Waals surface area contributed by atoms with Crippen molar-refractivity contribution in [1.29, 1.82) is 0 Å². The molecule has 8 nitrogen and oxygen atoms in total. The molecule has 2 unspecified atom stereocenters. The van der Waals surface area contributed by atoms with E-state index in [1.54, 1.807) is 4.90 Å².